The highest BCUT2D eigenvalue weighted by Crippen LogP contribution is 2.22. The van der Waals surface area contributed by atoms with E-state index in [0.29, 0.717) is 12.0 Å². The molecule has 2 atom stereocenters. The van der Waals surface area contributed by atoms with Crippen LogP contribution in [-0.2, 0) is 0 Å². The van der Waals surface area contributed by atoms with Crippen LogP contribution < -0.4 is 5.73 Å². The molecule has 0 spiro atoms. The van der Waals surface area contributed by atoms with E-state index in [1.807, 2.05) is 12.1 Å². The average molecular weight is 273 g/mol. The summed E-state index contributed by atoms with van der Waals surface area (Å²) in [6, 6.07) is 7.38. The zero-order valence-corrected chi connectivity index (χ0v) is 11.6. The Bertz CT molecular complexity index is 355. The molecule has 1 aromatic carbocycles. The summed E-state index contributed by atoms with van der Waals surface area (Å²) in [7, 11) is 0. The van der Waals surface area contributed by atoms with Crippen molar-refractivity contribution in [3.8, 4) is 0 Å². The van der Waals surface area contributed by atoms with Gasteiger partial charge in [0.15, 0.2) is 0 Å². The lowest BCUT2D eigenvalue weighted by Gasteiger charge is -2.26. The second-order valence-electron chi connectivity index (χ2n) is 4.98. The molecule has 2 rings (SSSR count). The van der Waals surface area contributed by atoms with E-state index in [4.69, 9.17) is 5.73 Å². The lowest BCUT2D eigenvalue weighted by molar-refractivity contribution is 0.246. The molecule has 2 unspecified atom stereocenters. The maximum Gasteiger partial charge on any atom is 0.123 e. The fourth-order valence-electron chi connectivity index (χ4n) is 2.65. The first-order valence-electron chi connectivity index (χ1n) is 6.40. The van der Waals surface area contributed by atoms with Crippen molar-refractivity contribution in [2.45, 2.75) is 31.7 Å². The van der Waals surface area contributed by atoms with E-state index in [2.05, 4.69) is 11.8 Å². The number of likely N-dealkylation sites (tertiary alicyclic amines) is 1. The van der Waals surface area contributed by atoms with Gasteiger partial charge in [0.05, 0.1) is 0 Å². The summed E-state index contributed by atoms with van der Waals surface area (Å²) in [5, 5.41) is 0. The van der Waals surface area contributed by atoms with E-state index in [-0.39, 0.29) is 18.2 Å². The van der Waals surface area contributed by atoms with Crippen LogP contribution in [0.25, 0.3) is 0 Å². The highest BCUT2D eigenvalue weighted by Gasteiger charge is 2.24. The van der Waals surface area contributed by atoms with Crippen LogP contribution in [0.5, 0.6) is 0 Å². The standard InChI is InChI=1S/C14H21FN2.ClH/c1-11(12-4-6-13(15)7-5-12)10-17-8-2-3-14(17)9-16;/h4-7,11,14H,2-3,8-10,16H2,1H3;1H. The van der Waals surface area contributed by atoms with Gasteiger partial charge in [0.1, 0.15) is 5.82 Å². The maximum absolute atomic E-state index is 12.8. The Morgan fingerprint density at radius 2 is 2.06 bits per heavy atom. The van der Waals surface area contributed by atoms with E-state index < -0.39 is 0 Å². The van der Waals surface area contributed by atoms with Crippen molar-refractivity contribution in [1.29, 1.82) is 0 Å². The molecule has 2 N–H and O–H groups in total. The van der Waals surface area contributed by atoms with Gasteiger partial charge in [-0.3, -0.25) is 4.90 Å². The second-order valence-corrected chi connectivity index (χ2v) is 4.98. The Balaban J connectivity index is 0.00000162. The molecule has 1 aliphatic rings. The molecule has 1 aliphatic heterocycles. The Morgan fingerprint density at radius 1 is 1.39 bits per heavy atom. The first-order valence-corrected chi connectivity index (χ1v) is 6.40. The molecule has 18 heavy (non-hydrogen) atoms. The van der Waals surface area contributed by atoms with Crippen molar-refractivity contribution < 1.29 is 4.39 Å². The van der Waals surface area contributed by atoms with Gasteiger partial charge >= 0.3 is 0 Å². The zero-order valence-electron chi connectivity index (χ0n) is 10.8. The number of nitrogens with zero attached hydrogens (tertiary/aromatic N) is 1. The Labute approximate surface area is 115 Å². The van der Waals surface area contributed by atoms with Crippen molar-refractivity contribution in [3.63, 3.8) is 0 Å². The minimum atomic E-state index is -0.165. The summed E-state index contributed by atoms with van der Waals surface area (Å²) in [6.07, 6.45) is 2.46. The van der Waals surface area contributed by atoms with Gasteiger partial charge in [0.25, 0.3) is 0 Å². The van der Waals surface area contributed by atoms with E-state index in [0.717, 1.165) is 19.6 Å². The van der Waals surface area contributed by atoms with Crippen LogP contribution in [0.1, 0.15) is 31.2 Å². The Hall–Kier alpha value is -0.640. The number of halogens is 2. The number of hydrogen-bond acceptors (Lipinski definition) is 2. The number of nitrogens with two attached hydrogens (primary N) is 1. The number of benzene rings is 1. The highest BCUT2D eigenvalue weighted by atomic mass is 35.5. The molecular weight excluding hydrogens is 251 g/mol. The van der Waals surface area contributed by atoms with Crippen LogP contribution >= 0.6 is 12.4 Å². The molecule has 0 radical (unpaired) electrons. The van der Waals surface area contributed by atoms with Crippen molar-refractivity contribution in [1.82, 2.24) is 4.90 Å². The van der Waals surface area contributed by atoms with Crippen LogP contribution in [0.2, 0.25) is 0 Å². The van der Waals surface area contributed by atoms with Gasteiger partial charge in [0, 0.05) is 19.1 Å². The molecule has 1 aromatic rings. The summed E-state index contributed by atoms with van der Waals surface area (Å²) in [5.41, 5.74) is 6.97. The van der Waals surface area contributed by atoms with Gasteiger partial charge < -0.3 is 5.73 Å². The van der Waals surface area contributed by atoms with E-state index in [1.165, 1.54) is 30.5 Å². The molecule has 0 aromatic heterocycles. The second kappa shape index (κ2) is 7.07. The van der Waals surface area contributed by atoms with Crippen molar-refractivity contribution in [2.24, 2.45) is 5.73 Å². The molecule has 1 heterocycles. The van der Waals surface area contributed by atoms with Gasteiger partial charge in [0.2, 0.25) is 0 Å². The van der Waals surface area contributed by atoms with Crippen molar-refractivity contribution >= 4 is 12.4 Å². The van der Waals surface area contributed by atoms with Crippen LogP contribution in [0.15, 0.2) is 24.3 Å². The molecule has 102 valence electrons. The summed E-state index contributed by atoms with van der Waals surface area (Å²) >= 11 is 0. The molecule has 1 saturated heterocycles. The molecule has 0 bridgehead atoms. The van der Waals surface area contributed by atoms with E-state index in [9.17, 15) is 4.39 Å². The van der Waals surface area contributed by atoms with Crippen LogP contribution in [0.4, 0.5) is 4.39 Å². The van der Waals surface area contributed by atoms with Gasteiger partial charge in [-0.15, -0.1) is 12.4 Å². The maximum atomic E-state index is 12.8. The summed E-state index contributed by atoms with van der Waals surface area (Å²) in [6.45, 7) is 5.11. The summed E-state index contributed by atoms with van der Waals surface area (Å²) in [4.78, 5) is 2.47. The molecule has 2 nitrogen and oxygen atoms in total. The third-order valence-electron chi connectivity index (χ3n) is 3.72. The summed E-state index contributed by atoms with van der Waals surface area (Å²) < 4.78 is 12.8. The highest BCUT2D eigenvalue weighted by molar-refractivity contribution is 5.85. The predicted molar refractivity (Wildman–Crippen MR) is 75.7 cm³/mol. The number of rotatable bonds is 4. The molecular formula is C14H22ClFN2. The first-order chi connectivity index (χ1) is 8.20. The first kappa shape index (κ1) is 15.4. The quantitative estimate of drug-likeness (QED) is 0.913. The largest absolute Gasteiger partial charge is 0.329 e. The summed E-state index contributed by atoms with van der Waals surface area (Å²) in [5.74, 6) is 0.268. The van der Waals surface area contributed by atoms with E-state index >= 15 is 0 Å². The average Bonchev–Trinajstić information content (AvgIpc) is 2.77. The van der Waals surface area contributed by atoms with Crippen LogP contribution in [0, 0.1) is 5.82 Å². The van der Waals surface area contributed by atoms with Gasteiger partial charge in [-0.05, 0) is 43.0 Å². The zero-order chi connectivity index (χ0) is 12.3. The van der Waals surface area contributed by atoms with Crippen LogP contribution in [0.3, 0.4) is 0 Å². The molecule has 4 heteroatoms. The minimum Gasteiger partial charge on any atom is -0.329 e. The molecule has 0 saturated carbocycles. The molecule has 1 fully saturated rings. The molecule has 0 aliphatic carbocycles. The van der Waals surface area contributed by atoms with Gasteiger partial charge in [-0.2, -0.15) is 0 Å². The third kappa shape index (κ3) is 3.67. The smallest absolute Gasteiger partial charge is 0.123 e. The minimum absolute atomic E-state index is 0. The predicted octanol–water partition coefficient (Wildman–Crippen LogP) is 2.77. The topological polar surface area (TPSA) is 29.3 Å². The van der Waals surface area contributed by atoms with E-state index in [1.54, 1.807) is 0 Å². The monoisotopic (exact) mass is 272 g/mol. The lowest BCUT2D eigenvalue weighted by atomic mass is 10.0. The third-order valence-corrected chi connectivity index (χ3v) is 3.72. The fourth-order valence-corrected chi connectivity index (χ4v) is 2.65. The SMILES string of the molecule is CC(CN1CCCC1CN)c1ccc(F)cc1.Cl. The van der Waals surface area contributed by atoms with Gasteiger partial charge in [-0.1, -0.05) is 19.1 Å². The number of hydrogen-bond donors (Lipinski definition) is 1. The van der Waals surface area contributed by atoms with Crippen molar-refractivity contribution in [2.75, 3.05) is 19.6 Å². The lowest BCUT2D eigenvalue weighted by Crippen LogP contribution is -2.37. The normalized spacial score (nSPS) is 21.6. The van der Waals surface area contributed by atoms with Crippen LogP contribution in [-0.4, -0.2) is 30.6 Å². The Morgan fingerprint density at radius 3 is 2.67 bits per heavy atom. The Kier molecular flexibility index (Phi) is 6.06. The van der Waals surface area contributed by atoms with Gasteiger partial charge in [-0.25, -0.2) is 4.39 Å². The van der Waals surface area contributed by atoms with Crippen molar-refractivity contribution in [3.05, 3.63) is 35.6 Å². The fraction of sp³-hybridized carbons (Fsp3) is 0.571. The molecule has 0 amide bonds.